The molecule has 17 heavy (non-hydrogen) atoms. The monoisotopic (exact) mass is 230 g/mol. The van der Waals surface area contributed by atoms with Crippen LogP contribution in [0.15, 0.2) is 54.8 Å². The molecule has 1 aromatic carbocycles. The van der Waals surface area contributed by atoms with Crippen molar-refractivity contribution >= 4 is 6.03 Å². The van der Waals surface area contributed by atoms with Crippen LogP contribution in [0.5, 0.6) is 5.75 Å². The first-order valence-corrected chi connectivity index (χ1v) is 5.31. The molecule has 0 aliphatic carbocycles. The molecule has 4 nitrogen and oxygen atoms in total. The van der Waals surface area contributed by atoms with E-state index in [1.54, 1.807) is 25.3 Å². The highest BCUT2D eigenvalue weighted by molar-refractivity contribution is 5.74. The lowest BCUT2D eigenvalue weighted by Gasteiger charge is -2.37. The molecular formula is C13H14N2O2. The van der Waals surface area contributed by atoms with Gasteiger partial charge in [-0.1, -0.05) is 24.3 Å². The summed E-state index contributed by atoms with van der Waals surface area (Å²) in [5.74, 6) is 0.682. The lowest BCUT2D eigenvalue weighted by Crippen LogP contribution is -2.52. The minimum Gasteiger partial charge on any atom is -0.464 e. The molecule has 4 heteroatoms. The predicted octanol–water partition coefficient (Wildman–Crippen LogP) is 2.25. The number of amides is 2. The molecule has 2 N–H and O–H groups in total. The van der Waals surface area contributed by atoms with Gasteiger partial charge in [0.1, 0.15) is 5.75 Å². The van der Waals surface area contributed by atoms with E-state index in [1.165, 1.54) is 4.90 Å². The van der Waals surface area contributed by atoms with Crippen molar-refractivity contribution in [2.24, 2.45) is 5.73 Å². The van der Waals surface area contributed by atoms with E-state index in [2.05, 4.69) is 0 Å². The number of nitrogens with two attached hydrogens (primary N) is 1. The average Bonchev–Trinajstić information content (AvgIpc) is 2.30. The molecule has 2 amide bonds. The van der Waals surface area contributed by atoms with E-state index < -0.39 is 11.8 Å². The molecule has 0 radical (unpaired) electrons. The van der Waals surface area contributed by atoms with Crippen LogP contribution >= 0.6 is 0 Å². The van der Waals surface area contributed by atoms with Crippen molar-refractivity contribution in [1.29, 1.82) is 0 Å². The molecule has 0 saturated carbocycles. The van der Waals surface area contributed by atoms with Crippen molar-refractivity contribution in [3.63, 3.8) is 0 Å². The van der Waals surface area contributed by atoms with Crippen molar-refractivity contribution in [2.45, 2.75) is 12.6 Å². The number of urea groups is 1. The van der Waals surface area contributed by atoms with Gasteiger partial charge in [-0.25, -0.2) is 4.79 Å². The zero-order chi connectivity index (χ0) is 12.3. The minimum atomic E-state index is -0.887. The van der Waals surface area contributed by atoms with Crippen LogP contribution in [0.3, 0.4) is 0 Å². The van der Waals surface area contributed by atoms with Crippen LogP contribution in [-0.4, -0.2) is 16.7 Å². The Hall–Kier alpha value is -2.23. The van der Waals surface area contributed by atoms with Gasteiger partial charge in [-0.2, -0.15) is 0 Å². The summed E-state index contributed by atoms with van der Waals surface area (Å²) in [7, 11) is 0. The van der Waals surface area contributed by atoms with Crippen LogP contribution in [-0.2, 0) is 0 Å². The lowest BCUT2D eigenvalue weighted by molar-refractivity contribution is 0.0270. The van der Waals surface area contributed by atoms with Crippen molar-refractivity contribution in [2.75, 3.05) is 0 Å². The summed E-state index contributed by atoms with van der Waals surface area (Å²) < 4.78 is 5.80. The molecule has 2 rings (SSSR count). The maximum atomic E-state index is 11.3. The summed E-state index contributed by atoms with van der Waals surface area (Å²) in [4.78, 5) is 12.7. The van der Waals surface area contributed by atoms with Crippen molar-refractivity contribution in [1.82, 2.24) is 4.90 Å². The molecule has 1 aliphatic heterocycles. The quantitative estimate of drug-likeness (QED) is 0.847. The zero-order valence-corrected chi connectivity index (χ0v) is 9.54. The Labute approximate surface area is 100.0 Å². The Kier molecular flexibility index (Phi) is 2.87. The van der Waals surface area contributed by atoms with E-state index in [0.717, 1.165) is 0 Å². The van der Waals surface area contributed by atoms with E-state index in [-0.39, 0.29) is 0 Å². The third-order valence-electron chi connectivity index (χ3n) is 2.54. The van der Waals surface area contributed by atoms with Crippen molar-refractivity contribution in [3.05, 3.63) is 54.8 Å². The third kappa shape index (κ3) is 2.30. The van der Waals surface area contributed by atoms with Gasteiger partial charge in [0.15, 0.2) is 0 Å². The summed E-state index contributed by atoms with van der Waals surface area (Å²) in [5, 5.41) is 0. The number of carbonyl (C=O) groups excluding carboxylic acids is 1. The molecule has 88 valence electrons. The fourth-order valence-electron chi connectivity index (χ4n) is 1.70. The van der Waals surface area contributed by atoms with Gasteiger partial charge in [0.25, 0.3) is 0 Å². The largest absolute Gasteiger partial charge is 0.464 e. The zero-order valence-electron chi connectivity index (χ0n) is 9.54. The molecule has 0 saturated heterocycles. The van der Waals surface area contributed by atoms with Crippen LogP contribution in [0.4, 0.5) is 4.79 Å². The number of para-hydroxylation sites is 1. The molecule has 0 spiro atoms. The van der Waals surface area contributed by atoms with Crippen molar-refractivity contribution < 1.29 is 9.53 Å². The summed E-state index contributed by atoms with van der Waals surface area (Å²) in [5.41, 5.74) is 4.43. The molecule has 1 aliphatic rings. The topological polar surface area (TPSA) is 55.6 Å². The number of rotatable bonds is 2. The summed E-state index contributed by atoms with van der Waals surface area (Å²) >= 11 is 0. The number of hydrogen-bond acceptors (Lipinski definition) is 2. The second-order valence-corrected chi connectivity index (χ2v) is 3.88. The summed E-state index contributed by atoms with van der Waals surface area (Å²) in [6, 6.07) is 8.75. The van der Waals surface area contributed by atoms with E-state index in [0.29, 0.717) is 5.75 Å². The molecule has 0 aromatic heterocycles. The first-order chi connectivity index (χ1) is 8.12. The highest BCUT2D eigenvalue weighted by atomic mass is 16.5. The Bertz CT molecular complexity index is 468. The second kappa shape index (κ2) is 4.33. The number of allylic oxidation sites excluding steroid dienone is 2. The molecule has 1 heterocycles. The van der Waals surface area contributed by atoms with E-state index >= 15 is 0 Å². The fraction of sp³-hybridized carbons (Fsp3) is 0.154. The SMILES string of the molecule is CC1(Oc2ccccc2)C=CC=CN1C(N)=O. The molecular weight excluding hydrogens is 216 g/mol. The van der Waals surface area contributed by atoms with Gasteiger partial charge in [0.05, 0.1) is 0 Å². The van der Waals surface area contributed by atoms with E-state index in [1.807, 2.05) is 36.4 Å². The Balaban J connectivity index is 2.25. The first-order valence-electron chi connectivity index (χ1n) is 5.31. The Morgan fingerprint density at radius 3 is 2.65 bits per heavy atom. The molecule has 1 unspecified atom stereocenters. The number of benzene rings is 1. The number of primary amides is 1. The van der Waals surface area contributed by atoms with Gasteiger partial charge < -0.3 is 10.5 Å². The fourth-order valence-corrected chi connectivity index (χ4v) is 1.70. The highest BCUT2D eigenvalue weighted by Crippen LogP contribution is 2.25. The van der Waals surface area contributed by atoms with Gasteiger partial charge in [-0.15, -0.1) is 0 Å². The predicted molar refractivity (Wildman–Crippen MR) is 65.2 cm³/mol. The van der Waals surface area contributed by atoms with Crippen LogP contribution in [0.25, 0.3) is 0 Å². The normalized spacial score (nSPS) is 22.5. The standard InChI is InChI=1S/C13H14N2O2/c1-13(17-11-7-3-2-4-8-11)9-5-6-10-15(13)12(14)16/h2-10H,1H3,(H2,14,16). The summed E-state index contributed by atoms with van der Waals surface area (Å²) in [6.45, 7) is 1.78. The van der Waals surface area contributed by atoms with E-state index in [9.17, 15) is 4.79 Å². The average molecular weight is 230 g/mol. The molecule has 1 atom stereocenters. The van der Waals surface area contributed by atoms with Gasteiger partial charge in [0, 0.05) is 6.20 Å². The first kappa shape index (κ1) is 11.3. The maximum Gasteiger partial charge on any atom is 0.322 e. The van der Waals surface area contributed by atoms with Crippen LogP contribution in [0, 0.1) is 0 Å². The number of ether oxygens (including phenoxy) is 1. The van der Waals surface area contributed by atoms with Crippen molar-refractivity contribution in [3.8, 4) is 5.75 Å². The number of nitrogens with zero attached hydrogens (tertiary/aromatic N) is 1. The van der Waals surface area contributed by atoms with Crippen LogP contribution in [0.2, 0.25) is 0 Å². The molecule has 1 aromatic rings. The van der Waals surface area contributed by atoms with Gasteiger partial charge in [-0.05, 0) is 31.2 Å². The number of hydrogen-bond donors (Lipinski definition) is 1. The highest BCUT2D eigenvalue weighted by Gasteiger charge is 2.34. The minimum absolute atomic E-state index is 0.552. The molecule has 0 fully saturated rings. The van der Waals surface area contributed by atoms with E-state index in [4.69, 9.17) is 10.5 Å². The second-order valence-electron chi connectivity index (χ2n) is 3.88. The van der Waals surface area contributed by atoms with Gasteiger partial charge in [0.2, 0.25) is 5.72 Å². The maximum absolute atomic E-state index is 11.3. The van der Waals surface area contributed by atoms with Gasteiger partial charge >= 0.3 is 6.03 Å². The van der Waals surface area contributed by atoms with Crippen LogP contribution < -0.4 is 10.5 Å². The Morgan fingerprint density at radius 1 is 1.29 bits per heavy atom. The third-order valence-corrected chi connectivity index (χ3v) is 2.54. The van der Waals surface area contributed by atoms with Crippen LogP contribution in [0.1, 0.15) is 6.92 Å². The number of carbonyl (C=O) groups is 1. The smallest absolute Gasteiger partial charge is 0.322 e. The summed E-state index contributed by atoms with van der Waals surface area (Å²) in [6.07, 6.45) is 6.94. The Morgan fingerprint density at radius 2 is 2.00 bits per heavy atom. The van der Waals surface area contributed by atoms with Gasteiger partial charge in [-0.3, -0.25) is 4.90 Å². The molecule has 0 bridgehead atoms. The lowest BCUT2D eigenvalue weighted by atomic mass is 10.1.